The lowest BCUT2D eigenvalue weighted by Gasteiger charge is -2.33. The molecule has 1 aromatic rings. The van der Waals surface area contributed by atoms with Crippen LogP contribution < -0.4 is 4.90 Å². The Morgan fingerprint density at radius 3 is 2.67 bits per heavy atom. The maximum Gasteiger partial charge on any atom is 0.0369 e. The van der Waals surface area contributed by atoms with E-state index in [-0.39, 0.29) is 0 Å². The van der Waals surface area contributed by atoms with E-state index in [9.17, 15) is 0 Å². The van der Waals surface area contributed by atoms with Crippen LogP contribution in [0.4, 0.5) is 5.69 Å². The van der Waals surface area contributed by atoms with Crippen LogP contribution in [-0.2, 0) is 13.0 Å². The number of rotatable bonds is 3. The molecular formula is C21H33N3. The first kappa shape index (κ1) is 16.4. The lowest BCUT2D eigenvalue weighted by molar-refractivity contribution is 0.203. The molecule has 3 aliphatic heterocycles. The van der Waals surface area contributed by atoms with Crippen molar-refractivity contribution in [3.05, 3.63) is 29.3 Å². The highest BCUT2D eigenvalue weighted by Crippen LogP contribution is 2.30. The second-order valence-corrected chi connectivity index (χ2v) is 8.38. The molecule has 3 nitrogen and oxygen atoms in total. The molecular weight excluding hydrogens is 294 g/mol. The molecule has 4 rings (SSSR count). The lowest BCUT2D eigenvalue weighted by Crippen LogP contribution is -2.39. The lowest BCUT2D eigenvalue weighted by atomic mass is 9.98. The maximum absolute atomic E-state index is 2.76. The SMILES string of the molecule is CC(C)N1CCc2cc(N3CC[C@H](N4CCC[C@@H]4C)C3)ccc2C1. The molecule has 0 saturated carbocycles. The second-order valence-electron chi connectivity index (χ2n) is 8.38. The molecule has 0 unspecified atom stereocenters. The molecule has 0 amide bonds. The monoisotopic (exact) mass is 327 g/mol. The van der Waals surface area contributed by atoms with E-state index in [4.69, 9.17) is 0 Å². The summed E-state index contributed by atoms with van der Waals surface area (Å²) < 4.78 is 0. The Balaban J connectivity index is 1.44. The molecule has 3 heterocycles. The zero-order chi connectivity index (χ0) is 16.7. The molecule has 0 N–H and O–H groups in total. The van der Waals surface area contributed by atoms with Gasteiger partial charge in [-0.1, -0.05) is 6.07 Å². The minimum atomic E-state index is 0.652. The maximum atomic E-state index is 2.76. The van der Waals surface area contributed by atoms with E-state index >= 15 is 0 Å². The molecule has 0 aliphatic carbocycles. The van der Waals surface area contributed by atoms with Gasteiger partial charge in [0, 0.05) is 50.0 Å². The first-order chi connectivity index (χ1) is 11.6. The van der Waals surface area contributed by atoms with Gasteiger partial charge >= 0.3 is 0 Å². The van der Waals surface area contributed by atoms with Crippen LogP contribution in [0.15, 0.2) is 18.2 Å². The molecule has 0 bridgehead atoms. The van der Waals surface area contributed by atoms with Crippen LogP contribution in [0.2, 0.25) is 0 Å². The van der Waals surface area contributed by atoms with Crippen molar-refractivity contribution in [1.82, 2.24) is 9.80 Å². The van der Waals surface area contributed by atoms with Crippen LogP contribution in [0.25, 0.3) is 0 Å². The molecule has 2 fully saturated rings. The molecule has 2 atom stereocenters. The van der Waals surface area contributed by atoms with Crippen LogP contribution in [0.3, 0.4) is 0 Å². The van der Waals surface area contributed by atoms with Gasteiger partial charge in [-0.05, 0) is 76.3 Å². The highest BCUT2D eigenvalue weighted by molar-refractivity contribution is 5.52. The van der Waals surface area contributed by atoms with Crippen LogP contribution in [-0.4, -0.2) is 54.1 Å². The smallest absolute Gasteiger partial charge is 0.0369 e. The number of benzene rings is 1. The molecule has 1 aromatic carbocycles. The fourth-order valence-corrected chi connectivity index (χ4v) is 4.94. The largest absolute Gasteiger partial charge is 0.370 e. The van der Waals surface area contributed by atoms with Gasteiger partial charge in [0.1, 0.15) is 0 Å². The Bertz CT molecular complexity index is 582. The van der Waals surface area contributed by atoms with Gasteiger partial charge in [-0.2, -0.15) is 0 Å². The fourth-order valence-electron chi connectivity index (χ4n) is 4.94. The van der Waals surface area contributed by atoms with Crippen LogP contribution in [0.5, 0.6) is 0 Å². The van der Waals surface area contributed by atoms with E-state index in [1.807, 2.05) is 0 Å². The number of hydrogen-bond donors (Lipinski definition) is 0. The summed E-state index contributed by atoms with van der Waals surface area (Å²) in [5, 5.41) is 0. The number of likely N-dealkylation sites (tertiary alicyclic amines) is 1. The van der Waals surface area contributed by atoms with E-state index in [0.29, 0.717) is 6.04 Å². The van der Waals surface area contributed by atoms with Crippen molar-refractivity contribution in [2.75, 3.05) is 31.1 Å². The zero-order valence-corrected chi connectivity index (χ0v) is 15.7. The van der Waals surface area contributed by atoms with E-state index in [0.717, 1.165) is 18.6 Å². The van der Waals surface area contributed by atoms with Crippen LogP contribution >= 0.6 is 0 Å². The number of anilines is 1. The zero-order valence-electron chi connectivity index (χ0n) is 15.7. The van der Waals surface area contributed by atoms with Crippen molar-refractivity contribution >= 4 is 5.69 Å². The molecule has 0 radical (unpaired) electrons. The van der Waals surface area contributed by atoms with Gasteiger partial charge in [-0.3, -0.25) is 9.80 Å². The van der Waals surface area contributed by atoms with Gasteiger partial charge in [-0.25, -0.2) is 0 Å². The Labute approximate surface area is 147 Å². The molecule has 0 spiro atoms. The summed E-state index contributed by atoms with van der Waals surface area (Å²) in [6.07, 6.45) is 5.33. The summed E-state index contributed by atoms with van der Waals surface area (Å²) in [7, 11) is 0. The van der Waals surface area contributed by atoms with Crippen molar-refractivity contribution in [1.29, 1.82) is 0 Å². The summed E-state index contributed by atoms with van der Waals surface area (Å²) in [4.78, 5) is 7.98. The van der Waals surface area contributed by atoms with Crippen molar-refractivity contribution in [2.24, 2.45) is 0 Å². The molecule has 0 aromatic heterocycles. The van der Waals surface area contributed by atoms with Gasteiger partial charge in [0.15, 0.2) is 0 Å². The van der Waals surface area contributed by atoms with Crippen molar-refractivity contribution in [3.63, 3.8) is 0 Å². The van der Waals surface area contributed by atoms with Gasteiger partial charge in [0.25, 0.3) is 0 Å². The van der Waals surface area contributed by atoms with Gasteiger partial charge in [0.05, 0.1) is 0 Å². The van der Waals surface area contributed by atoms with Crippen molar-refractivity contribution < 1.29 is 0 Å². The van der Waals surface area contributed by atoms with Crippen LogP contribution in [0, 0.1) is 0 Å². The highest BCUT2D eigenvalue weighted by atomic mass is 15.3. The summed E-state index contributed by atoms with van der Waals surface area (Å²) in [5.74, 6) is 0. The Hall–Kier alpha value is -1.06. The van der Waals surface area contributed by atoms with Crippen molar-refractivity contribution in [3.8, 4) is 0 Å². The minimum Gasteiger partial charge on any atom is -0.370 e. The summed E-state index contributed by atoms with van der Waals surface area (Å²) in [6, 6.07) is 9.47. The number of fused-ring (bicyclic) bond motifs is 1. The Kier molecular flexibility index (Phi) is 4.57. The third kappa shape index (κ3) is 3.09. The van der Waals surface area contributed by atoms with Crippen LogP contribution in [0.1, 0.15) is 51.2 Å². The topological polar surface area (TPSA) is 9.72 Å². The van der Waals surface area contributed by atoms with Gasteiger partial charge < -0.3 is 4.90 Å². The molecule has 3 aliphatic rings. The van der Waals surface area contributed by atoms with Gasteiger partial charge in [-0.15, -0.1) is 0 Å². The molecule has 2 saturated heterocycles. The Morgan fingerprint density at radius 1 is 1.04 bits per heavy atom. The average molecular weight is 328 g/mol. The summed E-state index contributed by atoms with van der Waals surface area (Å²) >= 11 is 0. The standard InChI is InChI=1S/C21H33N3/c1-16(2)22-11-8-18-13-20(7-6-19(18)14-22)23-12-9-21(15-23)24-10-4-5-17(24)3/h6-7,13,16-17,21H,4-5,8-12,14-15H2,1-3H3/t17-,21-/m0/s1. The third-order valence-electron chi connectivity index (χ3n) is 6.56. The fraction of sp³-hybridized carbons (Fsp3) is 0.714. The second kappa shape index (κ2) is 6.68. The number of nitrogens with zero attached hydrogens (tertiary/aromatic N) is 3. The van der Waals surface area contributed by atoms with E-state index < -0.39 is 0 Å². The molecule has 3 heteroatoms. The van der Waals surface area contributed by atoms with E-state index in [2.05, 4.69) is 53.7 Å². The minimum absolute atomic E-state index is 0.652. The van der Waals surface area contributed by atoms with E-state index in [1.54, 1.807) is 11.1 Å². The normalized spacial score (nSPS) is 28.8. The van der Waals surface area contributed by atoms with Gasteiger partial charge in [0.2, 0.25) is 0 Å². The highest BCUT2D eigenvalue weighted by Gasteiger charge is 2.33. The van der Waals surface area contributed by atoms with Crippen molar-refractivity contribution in [2.45, 2.75) is 71.1 Å². The molecule has 24 heavy (non-hydrogen) atoms. The third-order valence-corrected chi connectivity index (χ3v) is 6.56. The predicted molar refractivity (Wildman–Crippen MR) is 102 cm³/mol. The molecule has 132 valence electrons. The Morgan fingerprint density at radius 2 is 1.92 bits per heavy atom. The first-order valence-electron chi connectivity index (χ1n) is 9.98. The summed E-state index contributed by atoms with van der Waals surface area (Å²) in [5.41, 5.74) is 4.59. The van der Waals surface area contributed by atoms with E-state index in [1.165, 1.54) is 57.5 Å². The quantitative estimate of drug-likeness (QED) is 0.841. The average Bonchev–Trinajstić information content (AvgIpc) is 3.22. The number of hydrogen-bond acceptors (Lipinski definition) is 3. The summed E-state index contributed by atoms with van der Waals surface area (Å²) in [6.45, 7) is 13.1. The predicted octanol–water partition coefficient (Wildman–Crippen LogP) is 3.52. The first-order valence-corrected chi connectivity index (χ1v) is 9.98.